The molecule has 0 unspecified atom stereocenters. The van der Waals surface area contributed by atoms with Crippen LogP contribution >= 0.6 is 15.9 Å². The Morgan fingerprint density at radius 3 is 2.86 bits per heavy atom. The van der Waals surface area contributed by atoms with E-state index in [0.29, 0.717) is 13.0 Å². The lowest BCUT2D eigenvalue weighted by Gasteiger charge is -2.27. The van der Waals surface area contributed by atoms with E-state index in [4.69, 9.17) is 4.74 Å². The van der Waals surface area contributed by atoms with E-state index in [2.05, 4.69) is 27.0 Å². The molecular weight excluding hydrogens is 344 g/mol. The molecule has 5 heteroatoms. The highest BCUT2D eigenvalue weighted by atomic mass is 79.9. The van der Waals surface area contributed by atoms with Crippen LogP contribution in [0.2, 0.25) is 0 Å². The predicted octanol–water partition coefficient (Wildman–Crippen LogP) is 3.30. The number of aryl methyl sites for hydroxylation is 1. The molecule has 0 bridgehead atoms. The maximum Gasteiger partial charge on any atom is 0.223 e. The topological polar surface area (TPSA) is 45.3 Å². The van der Waals surface area contributed by atoms with Gasteiger partial charge in [0.25, 0.3) is 0 Å². The Kier molecular flexibility index (Phi) is 4.52. The fraction of sp³-hybridized carbons (Fsp3) is 0.353. The number of ether oxygens (including phenoxy) is 1. The maximum absolute atomic E-state index is 12.4. The van der Waals surface area contributed by atoms with Gasteiger partial charge in [0.15, 0.2) is 0 Å². The molecule has 4 nitrogen and oxygen atoms in total. The molecule has 1 aliphatic rings. The van der Waals surface area contributed by atoms with Crippen LogP contribution in [0, 0.1) is 0 Å². The monoisotopic (exact) mass is 362 g/mol. The molecule has 0 atom stereocenters. The molecule has 0 radical (unpaired) electrons. The summed E-state index contributed by atoms with van der Waals surface area (Å²) in [5.74, 6) is 1.07. The molecule has 0 saturated carbocycles. The Morgan fingerprint density at radius 2 is 2.14 bits per heavy atom. The summed E-state index contributed by atoms with van der Waals surface area (Å²) in [6.45, 7) is 1.50. The van der Waals surface area contributed by atoms with E-state index in [1.165, 1.54) is 11.3 Å². The molecule has 2 aromatic rings. The third-order valence-electron chi connectivity index (χ3n) is 4.09. The fourth-order valence-corrected chi connectivity index (χ4v) is 3.33. The Balaban J connectivity index is 1.56. The van der Waals surface area contributed by atoms with Crippen LogP contribution in [0.25, 0.3) is 0 Å². The number of methoxy groups -OCH3 is 1. The van der Waals surface area contributed by atoms with Gasteiger partial charge in [-0.3, -0.25) is 4.79 Å². The van der Waals surface area contributed by atoms with E-state index < -0.39 is 0 Å². The number of carbonyl (C=O) groups excluding carboxylic acids is 1. The number of H-pyrrole nitrogens is 1. The zero-order valence-corrected chi connectivity index (χ0v) is 14.1. The lowest BCUT2D eigenvalue weighted by molar-refractivity contribution is -0.132. The van der Waals surface area contributed by atoms with E-state index in [1.54, 1.807) is 7.11 Å². The summed E-state index contributed by atoms with van der Waals surface area (Å²) < 4.78 is 6.13. The van der Waals surface area contributed by atoms with E-state index in [9.17, 15) is 4.79 Å². The summed E-state index contributed by atoms with van der Waals surface area (Å²) in [6.07, 6.45) is 2.21. The first-order chi connectivity index (χ1) is 10.7. The number of carbonyl (C=O) groups is 1. The Labute approximate surface area is 138 Å². The summed E-state index contributed by atoms with van der Waals surface area (Å²) in [6, 6.07) is 9.97. The van der Waals surface area contributed by atoms with Crippen molar-refractivity contribution in [1.29, 1.82) is 0 Å². The van der Waals surface area contributed by atoms with Gasteiger partial charge in [0.2, 0.25) is 5.91 Å². The minimum Gasteiger partial charge on any atom is -0.497 e. The predicted molar refractivity (Wildman–Crippen MR) is 88.9 cm³/mol. The third kappa shape index (κ3) is 3.35. The van der Waals surface area contributed by atoms with Crippen molar-refractivity contribution in [2.24, 2.45) is 0 Å². The summed E-state index contributed by atoms with van der Waals surface area (Å²) >= 11 is 3.45. The van der Waals surface area contributed by atoms with E-state index in [0.717, 1.165) is 35.3 Å². The number of amides is 1. The number of hydrogen-bond donors (Lipinski definition) is 1. The van der Waals surface area contributed by atoms with Crippen LogP contribution in [-0.4, -0.2) is 29.4 Å². The molecule has 1 N–H and O–H groups in total. The number of aromatic nitrogens is 1. The van der Waals surface area contributed by atoms with Crippen molar-refractivity contribution in [3.8, 4) is 5.75 Å². The first-order valence-corrected chi connectivity index (χ1v) is 8.22. The second-order valence-electron chi connectivity index (χ2n) is 5.53. The zero-order valence-electron chi connectivity index (χ0n) is 12.6. The summed E-state index contributed by atoms with van der Waals surface area (Å²) in [7, 11) is 1.66. The normalized spacial score (nSPS) is 13.8. The van der Waals surface area contributed by atoms with Crippen LogP contribution in [0.15, 0.2) is 34.9 Å². The minimum absolute atomic E-state index is 0.221. The van der Waals surface area contributed by atoms with Crippen molar-refractivity contribution in [3.05, 3.63) is 51.8 Å². The summed E-state index contributed by atoms with van der Waals surface area (Å²) in [4.78, 5) is 17.6. The summed E-state index contributed by atoms with van der Waals surface area (Å²) in [5, 5.41) is 0. The van der Waals surface area contributed by atoms with Crippen LogP contribution in [-0.2, 0) is 24.2 Å². The lowest BCUT2D eigenvalue weighted by atomic mass is 10.1. The van der Waals surface area contributed by atoms with Gasteiger partial charge in [-0.1, -0.05) is 12.1 Å². The minimum atomic E-state index is 0.221. The molecule has 1 aromatic heterocycles. The number of aromatic amines is 1. The average molecular weight is 363 g/mol. The molecule has 116 valence electrons. The molecule has 0 aliphatic carbocycles. The molecule has 1 aliphatic heterocycles. The highest BCUT2D eigenvalue weighted by molar-refractivity contribution is 9.10. The number of fused-ring (bicyclic) bond motifs is 1. The molecule has 0 fully saturated rings. The van der Waals surface area contributed by atoms with Gasteiger partial charge in [-0.25, -0.2) is 0 Å². The van der Waals surface area contributed by atoms with Crippen molar-refractivity contribution in [3.63, 3.8) is 0 Å². The number of nitrogens with one attached hydrogen (secondary N) is 1. The maximum atomic E-state index is 12.4. The smallest absolute Gasteiger partial charge is 0.223 e. The third-order valence-corrected chi connectivity index (χ3v) is 4.52. The van der Waals surface area contributed by atoms with Gasteiger partial charge >= 0.3 is 0 Å². The van der Waals surface area contributed by atoms with Crippen LogP contribution in [0.4, 0.5) is 0 Å². The van der Waals surface area contributed by atoms with Crippen molar-refractivity contribution < 1.29 is 9.53 Å². The van der Waals surface area contributed by atoms with Gasteiger partial charge in [0.05, 0.1) is 11.7 Å². The van der Waals surface area contributed by atoms with Crippen molar-refractivity contribution in [2.75, 3.05) is 13.7 Å². The van der Waals surface area contributed by atoms with Crippen molar-refractivity contribution >= 4 is 21.8 Å². The number of nitrogens with zero attached hydrogens (tertiary/aromatic N) is 1. The Hall–Kier alpha value is -1.75. The second-order valence-corrected chi connectivity index (χ2v) is 6.39. The first-order valence-electron chi connectivity index (χ1n) is 7.42. The van der Waals surface area contributed by atoms with Gasteiger partial charge in [-0.15, -0.1) is 0 Å². The van der Waals surface area contributed by atoms with Crippen LogP contribution in [0.3, 0.4) is 0 Å². The van der Waals surface area contributed by atoms with Gasteiger partial charge in [0.1, 0.15) is 5.75 Å². The van der Waals surface area contributed by atoms with Crippen LogP contribution in [0.5, 0.6) is 5.75 Å². The molecule has 1 aromatic carbocycles. The van der Waals surface area contributed by atoms with Gasteiger partial charge in [0, 0.05) is 31.6 Å². The summed E-state index contributed by atoms with van der Waals surface area (Å²) in [5.41, 5.74) is 3.62. The van der Waals surface area contributed by atoms with E-state index in [-0.39, 0.29) is 5.91 Å². The molecule has 22 heavy (non-hydrogen) atoms. The Morgan fingerprint density at radius 1 is 1.36 bits per heavy atom. The first kappa shape index (κ1) is 15.2. The van der Waals surface area contributed by atoms with Crippen LogP contribution in [0.1, 0.15) is 23.2 Å². The molecule has 0 saturated heterocycles. The lowest BCUT2D eigenvalue weighted by Crippen LogP contribution is -2.35. The van der Waals surface area contributed by atoms with Crippen molar-refractivity contribution in [1.82, 2.24) is 9.88 Å². The molecular formula is C17H19BrN2O2. The standard InChI is InChI=1S/C17H19BrN2O2/c1-22-14-5-2-12(3-6-14)4-7-17(21)20-9-8-15-13(11-20)10-16(18)19-15/h2-3,5-6,10,19H,4,7-9,11H2,1H3. The van der Waals surface area contributed by atoms with E-state index in [1.807, 2.05) is 29.2 Å². The fourth-order valence-electron chi connectivity index (χ4n) is 2.81. The number of benzene rings is 1. The molecule has 0 spiro atoms. The Bertz CT molecular complexity index is 664. The largest absolute Gasteiger partial charge is 0.497 e. The second kappa shape index (κ2) is 6.57. The number of halogens is 1. The van der Waals surface area contributed by atoms with E-state index >= 15 is 0 Å². The zero-order chi connectivity index (χ0) is 15.5. The van der Waals surface area contributed by atoms with Gasteiger partial charge < -0.3 is 14.6 Å². The SMILES string of the molecule is COc1ccc(CCC(=O)N2CCc3[nH]c(Br)cc3C2)cc1. The quantitative estimate of drug-likeness (QED) is 0.906. The molecule has 2 heterocycles. The number of rotatable bonds is 4. The number of hydrogen-bond acceptors (Lipinski definition) is 2. The highest BCUT2D eigenvalue weighted by Crippen LogP contribution is 2.23. The van der Waals surface area contributed by atoms with Gasteiger partial charge in [-0.05, 0) is 51.7 Å². The highest BCUT2D eigenvalue weighted by Gasteiger charge is 2.21. The van der Waals surface area contributed by atoms with Crippen molar-refractivity contribution in [2.45, 2.75) is 25.8 Å². The van der Waals surface area contributed by atoms with Crippen LogP contribution < -0.4 is 4.74 Å². The molecule has 1 amide bonds. The molecule has 3 rings (SSSR count). The average Bonchev–Trinajstić information content (AvgIpc) is 2.92. The van der Waals surface area contributed by atoms with Gasteiger partial charge in [-0.2, -0.15) is 0 Å².